The standard InChI is InChI=1S/C27H32N2O5S2/c1-4-15-28(36(31,32)21-11-9-20(2)10-12-21)18-27(30)29-16-13-26-22(14-17-35-26)23(29)19-34-25-8-6-5-7-24(25)33-3/h5-12,14,17,23H,4,13,15-16,18-19H2,1-3H3. The number of benzene rings is 2. The molecular weight excluding hydrogens is 496 g/mol. The summed E-state index contributed by atoms with van der Waals surface area (Å²) in [5.74, 6) is 0.990. The first-order valence-electron chi connectivity index (χ1n) is 12.0. The number of hydrogen-bond acceptors (Lipinski definition) is 6. The molecule has 3 aromatic rings. The molecule has 1 unspecified atom stereocenters. The summed E-state index contributed by atoms with van der Waals surface area (Å²) < 4.78 is 39.6. The number of methoxy groups -OCH3 is 1. The molecule has 0 fully saturated rings. The molecule has 36 heavy (non-hydrogen) atoms. The van der Waals surface area contributed by atoms with E-state index in [1.165, 1.54) is 9.18 Å². The van der Waals surface area contributed by atoms with Gasteiger partial charge in [0, 0.05) is 18.0 Å². The van der Waals surface area contributed by atoms with Crippen LogP contribution in [0.25, 0.3) is 0 Å². The number of rotatable bonds is 10. The molecule has 1 amide bonds. The van der Waals surface area contributed by atoms with Crippen molar-refractivity contribution in [2.24, 2.45) is 0 Å². The topological polar surface area (TPSA) is 76.2 Å². The molecule has 4 rings (SSSR count). The Hall–Kier alpha value is -2.88. The maximum Gasteiger partial charge on any atom is 0.243 e. The molecule has 192 valence electrons. The monoisotopic (exact) mass is 528 g/mol. The van der Waals surface area contributed by atoms with E-state index in [0.717, 1.165) is 17.5 Å². The summed E-state index contributed by atoms with van der Waals surface area (Å²) in [6.07, 6.45) is 1.34. The summed E-state index contributed by atoms with van der Waals surface area (Å²) in [6, 6.07) is 15.9. The van der Waals surface area contributed by atoms with E-state index >= 15 is 0 Å². The number of para-hydroxylation sites is 2. The van der Waals surface area contributed by atoms with E-state index in [2.05, 4.69) is 0 Å². The summed E-state index contributed by atoms with van der Waals surface area (Å²) in [5, 5.41) is 2.03. The Morgan fingerprint density at radius 2 is 1.83 bits per heavy atom. The van der Waals surface area contributed by atoms with Crippen molar-refractivity contribution in [1.82, 2.24) is 9.21 Å². The molecule has 0 saturated carbocycles. The molecule has 1 aliphatic heterocycles. The number of carbonyl (C=O) groups excluding carboxylic acids is 1. The highest BCUT2D eigenvalue weighted by molar-refractivity contribution is 7.89. The second kappa shape index (κ2) is 11.5. The van der Waals surface area contributed by atoms with Crippen molar-refractivity contribution in [2.75, 3.05) is 33.4 Å². The van der Waals surface area contributed by atoms with Gasteiger partial charge in [0.1, 0.15) is 6.61 Å². The lowest BCUT2D eigenvalue weighted by Gasteiger charge is -2.37. The highest BCUT2D eigenvalue weighted by Crippen LogP contribution is 2.35. The van der Waals surface area contributed by atoms with Gasteiger partial charge >= 0.3 is 0 Å². The molecule has 9 heteroatoms. The number of sulfonamides is 1. The van der Waals surface area contributed by atoms with E-state index in [9.17, 15) is 13.2 Å². The van der Waals surface area contributed by atoms with Crippen molar-refractivity contribution in [1.29, 1.82) is 0 Å². The van der Waals surface area contributed by atoms with E-state index < -0.39 is 10.0 Å². The fourth-order valence-electron chi connectivity index (χ4n) is 4.42. The average Bonchev–Trinajstić information content (AvgIpc) is 3.36. The van der Waals surface area contributed by atoms with Crippen LogP contribution >= 0.6 is 11.3 Å². The quantitative estimate of drug-likeness (QED) is 0.382. The van der Waals surface area contributed by atoms with Gasteiger partial charge in [-0.15, -0.1) is 11.3 Å². The second-order valence-corrected chi connectivity index (χ2v) is 11.7. The smallest absolute Gasteiger partial charge is 0.243 e. The minimum atomic E-state index is -3.81. The lowest BCUT2D eigenvalue weighted by Crippen LogP contribution is -2.48. The molecule has 0 spiro atoms. The van der Waals surface area contributed by atoms with Crippen LogP contribution in [0.1, 0.15) is 35.4 Å². The van der Waals surface area contributed by atoms with Crippen molar-refractivity contribution in [3.63, 3.8) is 0 Å². The van der Waals surface area contributed by atoms with Gasteiger partial charge in [-0.05, 0) is 61.0 Å². The van der Waals surface area contributed by atoms with Crippen molar-refractivity contribution < 1.29 is 22.7 Å². The van der Waals surface area contributed by atoms with Gasteiger partial charge in [-0.3, -0.25) is 4.79 Å². The Labute approximate surface area is 217 Å². The fraction of sp³-hybridized carbons (Fsp3) is 0.370. The van der Waals surface area contributed by atoms with Crippen LogP contribution in [0.5, 0.6) is 11.5 Å². The maximum atomic E-state index is 13.6. The zero-order valence-corrected chi connectivity index (χ0v) is 22.5. The zero-order chi connectivity index (χ0) is 25.7. The third kappa shape index (κ3) is 5.58. The van der Waals surface area contributed by atoms with Crippen molar-refractivity contribution >= 4 is 27.3 Å². The first-order chi connectivity index (χ1) is 17.3. The number of aryl methyl sites for hydroxylation is 1. The lowest BCUT2D eigenvalue weighted by molar-refractivity contribution is -0.135. The normalized spacial score (nSPS) is 15.6. The molecule has 2 aromatic carbocycles. The first kappa shape index (κ1) is 26.2. The van der Waals surface area contributed by atoms with Crippen LogP contribution in [0.15, 0.2) is 64.9 Å². The molecule has 0 radical (unpaired) electrons. The maximum absolute atomic E-state index is 13.6. The molecule has 0 saturated heterocycles. The zero-order valence-electron chi connectivity index (χ0n) is 20.8. The van der Waals surface area contributed by atoms with Gasteiger partial charge in [0.15, 0.2) is 11.5 Å². The van der Waals surface area contributed by atoms with Gasteiger partial charge in [-0.25, -0.2) is 8.42 Å². The van der Waals surface area contributed by atoms with Gasteiger partial charge in [-0.2, -0.15) is 4.31 Å². The number of nitrogens with zero attached hydrogens (tertiary/aromatic N) is 2. The van der Waals surface area contributed by atoms with Crippen LogP contribution in [-0.2, 0) is 21.2 Å². The van der Waals surface area contributed by atoms with Crippen LogP contribution < -0.4 is 9.47 Å². The largest absolute Gasteiger partial charge is 0.493 e. The molecule has 1 atom stereocenters. The number of fused-ring (bicyclic) bond motifs is 1. The number of amides is 1. The summed E-state index contributed by atoms with van der Waals surface area (Å²) >= 11 is 1.67. The van der Waals surface area contributed by atoms with Crippen LogP contribution in [0.4, 0.5) is 0 Å². The molecule has 2 heterocycles. The Kier molecular flexibility index (Phi) is 8.33. The van der Waals surface area contributed by atoms with E-state index in [0.29, 0.717) is 24.5 Å². The van der Waals surface area contributed by atoms with Crippen LogP contribution in [-0.4, -0.2) is 56.9 Å². The number of carbonyl (C=O) groups is 1. The minimum absolute atomic E-state index is 0.198. The predicted molar refractivity (Wildman–Crippen MR) is 141 cm³/mol. The second-order valence-electron chi connectivity index (χ2n) is 8.77. The third-order valence-corrected chi connectivity index (χ3v) is 9.18. The average molecular weight is 529 g/mol. The Morgan fingerprint density at radius 1 is 1.11 bits per heavy atom. The molecule has 0 bridgehead atoms. The Balaban J connectivity index is 1.57. The highest BCUT2D eigenvalue weighted by atomic mass is 32.2. The summed E-state index contributed by atoms with van der Waals surface area (Å²) in [4.78, 5) is 16.8. The summed E-state index contributed by atoms with van der Waals surface area (Å²) in [5.41, 5.74) is 2.03. The number of hydrogen-bond donors (Lipinski definition) is 0. The van der Waals surface area contributed by atoms with Gasteiger partial charge in [-0.1, -0.05) is 36.8 Å². The minimum Gasteiger partial charge on any atom is -0.493 e. The molecule has 1 aromatic heterocycles. The van der Waals surface area contributed by atoms with Gasteiger partial charge in [0.2, 0.25) is 15.9 Å². The van der Waals surface area contributed by atoms with Crippen LogP contribution in [0.2, 0.25) is 0 Å². The summed E-state index contributed by atoms with van der Waals surface area (Å²) in [6.45, 7) is 4.62. The molecule has 0 N–H and O–H groups in total. The van der Waals surface area contributed by atoms with Gasteiger partial charge in [0.05, 0.1) is 24.6 Å². The van der Waals surface area contributed by atoms with E-state index in [1.54, 1.807) is 47.6 Å². The molecule has 1 aliphatic rings. The van der Waals surface area contributed by atoms with Gasteiger partial charge in [0.25, 0.3) is 0 Å². The highest BCUT2D eigenvalue weighted by Gasteiger charge is 2.35. The third-order valence-electron chi connectivity index (χ3n) is 6.32. The molecule has 7 nitrogen and oxygen atoms in total. The van der Waals surface area contributed by atoms with E-state index in [4.69, 9.17) is 9.47 Å². The molecule has 0 aliphatic carbocycles. The van der Waals surface area contributed by atoms with Crippen molar-refractivity contribution in [3.8, 4) is 11.5 Å². The van der Waals surface area contributed by atoms with Crippen LogP contribution in [0.3, 0.4) is 0 Å². The summed E-state index contributed by atoms with van der Waals surface area (Å²) in [7, 11) is -2.22. The Morgan fingerprint density at radius 3 is 2.53 bits per heavy atom. The van der Waals surface area contributed by atoms with Crippen molar-refractivity contribution in [3.05, 3.63) is 76.0 Å². The number of thiophene rings is 1. The lowest BCUT2D eigenvalue weighted by atomic mass is 10.0. The van der Waals surface area contributed by atoms with E-state index in [-0.39, 0.29) is 36.5 Å². The SMILES string of the molecule is CCCN(CC(=O)N1CCc2sccc2C1COc1ccccc1OC)S(=O)(=O)c1ccc(C)cc1. The first-order valence-corrected chi connectivity index (χ1v) is 14.4. The predicted octanol–water partition coefficient (Wildman–Crippen LogP) is 4.67. The van der Waals surface area contributed by atoms with Gasteiger partial charge < -0.3 is 14.4 Å². The fourth-order valence-corrected chi connectivity index (χ4v) is 6.83. The Bertz CT molecular complexity index is 1290. The van der Waals surface area contributed by atoms with Crippen molar-refractivity contribution in [2.45, 2.75) is 37.6 Å². The molecular formula is C27H32N2O5S2. The van der Waals surface area contributed by atoms with E-state index in [1.807, 2.05) is 49.6 Å². The number of ether oxygens (including phenoxy) is 2. The van der Waals surface area contributed by atoms with Crippen LogP contribution in [0, 0.1) is 6.92 Å².